The van der Waals surface area contributed by atoms with E-state index in [0.29, 0.717) is 27.0 Å². The monoisotopic (exact) mass is 593 g/mol. The third-order valence-corrected chi connectivity index (χ3v) is 10.9. The Hall–Kier alpha value is -3.20. The number of nitrogens with zero attached hydrogens (tertiary/aromatic N) is 5. The Morgan fingerprint density at radius 3 is 2.57 bits per heavy atom. The molecule has 2 bridgehead atoms. The molecule has 220 valence electrons. The van der Waals surface area contributed by atoms with Gasteiger partial charge in [-0.25, -0.2) is 9.97 Å². The first-order chi connectivity index (χ1) is 20.1. The van der Waals surface area contributed by atoms with Gasteiger partial charge in [0.2, 0.25) is 0 Å². The van der Waals surface area contributed by atoms with E-state index in [1.165, 1.54) is 42.1 Å². The maximum atomic E-state index is 12.9. The van der Waals surface area contributed by atoms with E-state index in [0.717, 1.165) is 61.6 Å². The zero-order valence-corrected chi connectivity index (χ0v) is 24.6. The first kappa shape index (κ1) is 27.6. The number of thiophene rings is 1. The highest BCUT2D eigenvalue weighted by Crippen LogP contribution is 2.68. The van der Waals surface area contributed by atoms with Gasteiger partial charge in [-0.3, -0.25) is 4.90 Å². The number of nitriles is 1. The summed E-state index contributed by atoms with van der Waals surface area (Å²) in [4.78, 5) is 11.8. The maximum absolute atomic E-state index is 12.9. The van der Waals surface area contributed by atoms with Crippen molar-refractivity contribution in [2.45, 2.75) is 76.3 Å². The number of aryl methyl sites for hydroxylation is 1. The summed E-state index contributed by atoms with van der Waals surface area (Å²) >= 11 is 1.08. The number of hydrogen-bond donors (Lipinski definition) is 2. The predicted octanol–water partition coefficient (Wildman–Crippen LogP) is 6.15. The summed E-state index contributed by atoms with van der Waals surface area (Å²) < 4.78 is 41.0. The van der Waals surface area contributed by atoms with Crippen molar-refractivity contribution in [3.8, 4) is 6.07 Å². The van der Waals surface area contributed by atoms with E-state index in [1.807, 2.05) is 0 Å². The van der Waals surface area contributed by atoms with Crippen LogP contribution in [0.15, 0.2) is 30.6 Å². The maximum Gasteiger partial charge on any atom is 0.393 e. The molecule has 0 spiro atoms. The molecule has 2 N–H and O–H groups in total. The third-order valence-electron chi connectivity index (χ3n) is 9.82. The highest BCUT2D eigenvalue weighted by Gasteiger charge is 2.67. The lowest BCUT2D eigenvalue weighted by molar-refractivity contribution is -0.159. The number of likely N-dealkylation sites (tertiary alicyclic amines) is 1. The van der Waals surface area contributed by atoms with Gasteiger partial charge in [-0.05, 0) is 80.8 Å². The van der Waals surface area contributed by atoms with E-state index < -0.39 is 12.6 Å². The number of nitrogens with one attached hydrogen (secondary N) is 2. The van der Waals surface area contributed by atoms with Crippen LogP contribution in [-0.4, -0.2) is 57.3 Å². The Balaban J connectivity index is 1.00. The first-order valence-corrected chi connectivity index (χ1v) is 15.4. The summed E-state index contributed by atoms with van der Waals surface area (Å²) in [5.41, 5.74) is 5.09. The minimum absolute atomic E-state index is 0.195. The number of halogens is 3. The van der Waals surface area contributed by atoms with Crippen molar-refractivity contribution < 1.29 is 13.2 Å². The van der Waals surface area contributed by atoms with Gasteiger partial charge in [-0.2, -0.15) is 18.4 Å². The molecule has 7 nitrogen and oxygen atoms in total. The van der Waals surface area contributed by atoms with Gasteiger partial charge in [0.1, 0.15) is 28.7 Å². The van der Waals surface area contributed by atoms with Crippen molar-refractivity contribution >= 4 is 38.3 Å². The molecule has 4 aliphatic rings. The van der Waals surface area contributed by atoms with Gasteiger partial charge in [0.15, 0.2) is 0 Å². The SMILES string of the molecule is CNC12CC(Cn3c(C#N)cc4c(C)c(CN5CCC(Nc6ncnc7sc(CC(F)(F)F)cc67)CC5)ccc43)(C1)C2. The molecule has 0 radical (unpaired) electrons. The van der Waals surface area contributed by atoms with E-state index >= 15 is 0 Å². The molecular formula is C31H34F3N7S. The molecule has 4 aromatic rings. The van der Waals surface area contributed by atoms with Crippen molar-refractivity contribution in [2.24, 2.45) is 5.41 Å². The van der Waals surface area contributed by atoms with Gasteiger partial charge in [0, 0.05) is 53.5 Å². The summed E-state index contributed by atoms with van der Waals surface area (Å²) in [6, 6.07) is 10.7. The predicted molar refractivity (Wildman–Crippen MR) is 159 cm³/mol. The molecule has 4 fully saturated rings. The zero-order valence-electron chi connectivity index (χ0n) is 23.8. The van der Waals surface area contributed by atoms with Crippen LogP contribution >= 0.6 is 11.3 Å². The van der Waals surface area contributed by atoms with E-state index in [9.17, 15) is 18.4 Å². The van der Waals surface area contributed by atoms with Gasteiger partial charge in [0.05, 0.1) is 11.8 Å². The summed E-state index contributed by atoms with van der Waals surface area (Å²) in [7, 11) is 2.05. The molecule has 0 atom stereocenters. The number of alkyl halides is 3. The number of aromatic nitrogens is 3. The van der Waals surface area contributed by atoms with Crippen molar-refractivity contribution in [3.05, 3.63) is 52.3 Å². The molecule has 11 heteroatoms. The van der Waals surface area contributed by atoms with Gasteiger partial charge >= 0.3 is 6.18 Å². The fourth-order valence-electron chi connectivity index (χ4n) is 7.70. The summed E-state index contributed by atoms with van der Waals surface area (Å²) in [5, 5.41) is 18.7. The number of fused-ring (bicyclic) bond motifs is 2. The summed E-state index contributed by atoms with van der Waals surface area (Å²) in [5.74, 6) is 0.613. The molecule has 3 aliphatic carbocycles. The van der Waals surface area contributed by atoms with Crippen LogP contribution in [0.1, 0.15) is 53.8 Å². The van der Waals surface area contributed by atoms with Gasteiger partial charge < -0.3 is 15.2 Å². The van der Waals surface area contributed by atoms with Crippen molar-refractivity contribution in [1.29, 1.82) is 5.26 Å². The molecular weight excluding hydrogens is 559 g/mol. The highest BCUT2D eigenvalue weighted by molar-refractivity contribution is 7.18. The lowest BCUT2D eigenvalue weighted by atomic mass is 9.39. The van der Waals surface area contributed by atoms with E-state index in [1.54, 1.807) is 6.07 Å². The van der Waals surface area contributed by atoms with Crippen LogP contribution in [0.3, 0.4) is 0 Å². The quantitative estimate of drug-likeness (QED) is 0.255. The molecule has 3 saturated carbocycles. The topological polar surface area (TPSA) is 81.8 Å². The Kier molecular flexibility index (Phi) is 6.53. The van der Waals surface area contributed by atoms with Crippen LogP contribution in [0.2, 0.25) is 0 Å². The van der Waals surface area contributed by atoms with Crippen LogP contribution in [0.25, 0.3) is 21.1 Å². The van der Waals surface area contributed by atoms with E-state index in [2.05, 4.69) is 68.3 Å². The molecule has 1 aromatic carbocycles. The minimum Gasteiger partial charge on any atom is -0.367 e. The Morgan fingerprint density at radius 1 is 1.12 bits per heavy atom. The van der Waals surface area contributed by atoms with Crippen molar-refractivity contribution in [1.82, 2.24) is 24.8 Å². The molecule has 3 aromatic heterocycles. The number of anilines is 1. The van der Waals surface area contributed by atoms with Crippen molar-refractivity contribution in [2.75, 3.05) is 25.5 Å². The molecule has 42 heavy (non-hydrogen) atoms. The van der Waals surface area contributed by atoms with Gasteiger partial charge in [0.25, 0.3) is 0 Å². The van der Waals surface area contributed by atoms with Crippen LogP contribution in [0.4, 0.5) is 19.0 Å². The lowest BCUT2D eigenvalue weighted by Gasteiger charge is -2.71. The average Bonchev–Trinajstić information content (AvgIpc) is 3.48. The second-order valence-corrected chi connectivity index (χ2v) is 13.8. The number of rotatable bonds is 8. The average molecular weight is 594 g/mol. The second-order valence-electron chi connectivity index (χ2n) is 12.7. The molecule has 8 rings (SSSR count). The number of hydrogen-bond acceptors (Lipinski definition) is 7. The molecule has 1 saturated heterocycles. The van der Waals surface area contributed by atoms with Crippen LogP contribution < -0.4 is 10.6 Å². The second kappa shape index (κ2) is 9.93. The number of benzene rings is 1. The Labute approximate surface area is 246 Å². The Bertz CT molecular complexity index is 1690. The normalized spacial score (nSPS) is 24.5. The van der Waals surface area contributed by atoms with Crippen LogP contribution in [0.5, 0.6) is 0 Å². The smallest absolute Gasteiger partial charge is 0.367 e. The fraction of sp³-hybridized carbons (Fsp3) is 0.516. The molecule has 1 aliphatic heterocycles. The lowest BCUT2D eigenvalue weighted by Crippen LogP contribution is -2.74. The third kappa shape index (κ3) is 4.83. The van der Waals surface area contributed by atoms with E-state index in [4.69, 9.17) is 0 Å². The number of piperidine rings is 1. The molecule has 0 unspecified atom stereocenters. The molecule has 4 heterocycles. The largest absolute Gasteiger partial charge is 0.393 e. The van der Waals surface area contributed by atoms with Crippen molar-refractivity contribution in [3.63, 3.8) is 0 Å². The van der Waals surface area contributed by atoms with Crippen LogP contribution in [-0.2, 0) is 19.5 Å². The summed E-state index contributed by atoms with van der Waals surface area (Å²) in [6.07, 6.45) is 1.63. The minimum atomic E-state index is -4.24. The Morgan fingerprint density at radius 2 is 1.88 bits per heavy atom. The standard InChI is InChI=1S/C31H34F3N7S/c1-19-20(3-4-26-24(19)9-22(12-35)41(26)17-29-14-30(15-29,16-29)36-2)13-40-7-5-21(6-8-40)39-27-25-10-23(11-31(32,33)34)42-28(25)38-18-37-27/h3-4,9-10,18,21,36H,5-8,11,13-17H2,1-2H3,(H,37,38,39). The van der Waals surface area contributed by atoms with Gasteiger partial charge in [-0.15, -0.1) is 11.3 Å². The van der Waals surface area contributed by atoms with Crippen LogP contribution in [0, 0.1) is 23.7 Å². The van der Waals surface area contributed by atoms with Gasteiger partial charge in [-0.1, -0.05) is 6.07 Å². The first-order valence-electron chi connectivity index (χ1n) is 14.6. The zero-order chi connectivity index (χ0) is 29.3. The van der Waals surface area contributed by atoms with E-state index in [-0.39, 0.29) is 10.9 Å². The fourth-order valence-corrected chi connectivity index (χ4v) is 8.72. The molecule has 0 amide bonds. The summed E-state index contributed by atoms with van der Waals surface area (Å²) in [6.45, 7) is 5.75. The highest BCUT2D eigenvalue weighted by atomic mass is 32.1.